The number of nitro groups is 1. The molecule has 2 amide bonds. The summed E-state index contributed by atoms with van der Waals surface area (Å²) < 4.78 is 0. The van der Waals surface area contributed by atoms with Gasteiger partial charge in [-0.15, -0.1) is 0 Å². The number of carbonyl (C=O) groups is 2. The summed E-state index contributed by atoms with van der Waals surface area (Å²) in [4.78, 5) is 34.1. The van der Waals surface area contributed by atoms with E-state index in [9.17, 15) is 19.7 Å². The van der Waals surface area contributed by atoms with Crippen LogP contribution < -0.4 is 11.1 Å². The molecule has 0 unspecified atom stereocenters. The van der Waals surface area contributed by atoms with Crippen molar-refractivity contribution < 1.29 is 14.5 Å². The first-order valence-corrected chi connectivity index (χ1v) is 7.24. The van der Waals surface area contributed by atoms with Crippen LogP contribution in [0.1, 0.15) is 21.5 Å². The van der Waals surface area contributed by atoms with Crippen molar-refractivity contribution >= 4 is 17.5 Å². The van der Waals surface area contributed by atoms with E-state index in [0.717, 1.165) is 6.07 Å². The van der Waals surface area contributed by atoms with E-state index in [4.69, 9.17) is 11.0 Å². The Labute approximate surface area is 143 Å². The third-order valence-electron chi connectivity index (χ3n) is 3.46. The maximum atomic E-state index is 12.3. The van der Waals surface area contributed by atoms with Crippen LogP contribution in [0.25, 0.3) is 0 Å². The minimum atomic E-state index is -1.01. The zero-order chi connectivity index (χ0) is 18.4. The average molecular weight is 338 g/mol. The smallest absolute Gasteiger partial charge is 0.270 e. The molecule has 3 N–H and O–H groups in total. The third-order valence-corrected chi connectivity index (χ3v) is 3.46. The molecule has 126 valence electrons. The van der Waals surface area contributed by atoms with Gasteiger partial charge in [-0.3, -0.25) is 19.7 Å². The van der Waals surface area contributed by atoms with Crippen molar-refractivity contribution in [3.05, 3.63) is 75.3 Å². The van der Waals surface area contributed by atoms with Gasteiger partial charge < -0.3 is 11.1 Å². The molecule has 0 aromatic heterocycles. The number of amides is 2. The Balaban J connectivity index is 2.17. The minimum Gasteiger partial charge on any atom is -0.368 e. The Morgan fingerprint density at radius 3 is 2.60 bits per heavy atom. The molecule has 0 radical (unpaired) electrons. The summed E-state index contributed by atoms with van der Waals surface area (Å²) >= 11 is 0. The second-order valence-corrected chi connectivity index (χ2v) is 5.25. The van der Waals surface area contributed by atoms with Crippen LogP contribution in [0.4, 0.5) is 5.69 Å². The molecule has 0 aliphatic heterocycles. The third kappa shape index (κ3) is 4.62. The summed E-state index contributed by atoms with van der Waals surface area (Å²) in [5, 5.41) is 22.2. The molecule has 8 nitrogen and oxygen atoms in total. The largest absolute Gasteiger partial charge is 0.368 e. The minimum absolute atomic E-state index is 0.0474. The van der Waals surface area contributed by atoms with E-state index in [1.54, 1.807) is 24.3 Å². The van der Waals surface area contributed by atoms with E-state index in [1.165, 1.54) is 18.2 Å². The van der Waals surface area contributed by atoms with Crippen molar-refractivity contribution in [3.8, 4) is 6.07 Å². The first-order valence-electron chi connectivity index (χ1n) is 7.24. The van der Waals surface area contributed by atoms with Gasteiger partial charge in [0, 0.05) is 24.1 Å². The van der Waals surface area contributed by atoms with Crippen molar-refractivity contribution in [2.45, 2.75) is 12.5 Å². The van der Waals surface area contributed by atoms with Crippen molar-refractivity contribution in [1.82, 2.24) is 5.32 Å². The molecule has 0 bridgehead atoms. The zero-order valence-electron chi connectivity index (χ0n) is 13.0. The summed E-state index contributed by atoms with van der Waals surface area (Å²) in [5.74, 6) is -1.40. The number of non-ortho nitro benzene ring substituents is 1. The number of carbonyl (C=O) groups excluding carboxylic acids is 2. The van der Waals surface area contributed by atoms with Gasteiger partial charge in [0.25, 0.3) is 11.6 Å². The van der Waals surface area contributed by atoms with Gasteiger partial charge in [0.05, 0.1) is 16.6 Å². The number of nitriles is 1. The second-order valence-electron chi connectivity index (χ2n) is 5.25. The van der Waals surface area contributed by atoms with Crippen LogP contribution in [0, 0.1) is 21.4 Å². The highest BCUT2D eigenvalue weighted by Gasteiger charge is 2.20. The summed E-state index contributed by atoms with van der Waals surface area (Å²) in [6.45, 7) is 0. The number of nitro benzene ring substituents is 1. The highest BCUT2D eigenvalue weighted by Crippen LogP contribution is 2.14. The molecule has 0 saturated carbocycles. The van der Waals surface area contributed by atoms with Crippen molar-refractivity contribution in [2.24, 2.45) is 5.73 Å². The van der Waals surface area contributed by atoms with Crippen LogP contribution in [0.5, 0.6) is 0 Å². The molecule has 0 fully saturated rings. The molecular weight excluding hydrogens is 324 g/mol. The Morgan fingerprint density at radius 1 is 1.24 bits per heavy atom. The number of hydrogen-bond donors (Lipinski definition) is 2. The molecule has 25 heavy (non-hydrogen) atoms. The summed E-state index contributed by atoms with van der Waals surface area (Å²) in [7, 11) is 0. The monoisotopic (exact) mass is 338 g/mol. The molecule has 0 heterocycles. The number of nitrogens with zero attached hydrogens (tertiary/aromatic N) is 2. The van der Waals surface area contributed by atoms with E-state index in [-0.39, 0.29) is 17.7 Å². The lowest BCUT2D eigenvalue weighted by Gasteiger charge is -2.15. The Bertz CT molecular complexity index is 873. The van der Waals surface area contributed by atoms with Crippen LogP contribution in [0.2, 0.25) is 0 Å². The van der Waals surface area contributed by atoms with Crippen molar-refractivity contribution in [2.75, 3.05) is 0 Å². The normalized spacial score (nSPS) is 11.2. The topological polar surface area (TPSA) is 139 Å². The van der Waals surface area contributed by atoms with Crippen LogP contribution in [-0.4, -0.2) is 22.8 Å². The van der Waals surface area contributed by atoms with Crippen molar-refractivity contribution in [1.29, 1.82) is 5.26 Å². The lowest BCUT2D eigenvalue weighted by atomic mass is 10.0. The van der Waals surface area contributed by atoms with E-state index in [0.29, 0.717) is 11.1 Å². The molecule has 0 saturated heterocycles. The van der Waals surface area contributed by atoms with Crippen molar-refractivity contribution in [3.63, 3.8) is 0 Å². The quantitative estimate of drug-likeness (QED) is 0.603. The standard InChI is InChI=1S/C17H14N4O4/c18-10-12-4-1-3-11(7-12)8-15(16(19)22)20-17(23)13-5-2-6-14(9-13)21(24)25/h1-7,9,15H,8H2,(H2,19,22)(H,20,23)/t15-/m1/s1. The highest BCUT2D eigenvalue weighted by atomic mass is 16.6. The predicted octanol–water partition coefficient (Wildman–Crippen LogP) is 1.29. The molecule has 0 aliphatic rings. The molecular formula is C17H14N4O4. The number of benzene rings is 2. The highest BCUT2D eigenvalue weighted by molar-refractivity contribution is 5.97. The van der Waals surface area contributed by atoms with Gasteiger partial charge >= 0.3 is 0 Å². The predicted molar refractivity (Wildman–Crippen MR) is 88.4 cm³/mol. The molecule has 2 aromatic carbocycles. The van der Waals surface area contributed by atoms with Crippen LogP contribution in [0.15, 0.2) is 48.5 Å². The van der Waals surface area contributed by atoms with Gasteiger partial charge in [-0.1, -0.05) is 18.2 Å². The first-order chi connectivity index (χ1) is 11.9. The Hall–Kier alpha value is -3.73. The van der Waals surface area contributed by atoms with Crippen LogP contribution in [0.3, 0.4) is 0 Å². The maximum Gasteiger partial charge on any atom is 0.270 e. The van der Waals surface area contributed by atoms with Gasteiger partial charge in [-0.25, -0.2) is 0 Å². The number of hydrogen-bond acceptors (Lipinski definition) is 5. The summed E-state index contributed by atoms with van der Waals surface area (Å²) in [5.41, 5.74) is 6.23. The first kappa shape index (κ1) is 17.6. The Morgan fingerprint density at radius 2 is 1.96 bits per heavy atom. The van der Waals surface area contributed by atoms with Gasteiger partial charge in [-0.2, -0.15) is 5.26 Å². The number of rotatable bonds is 6. The maximum absolute atomic E-state index is 12.3. The fourth-order valence-corrected chi connectivity index (χ4v) is 2.23. The average Bonchev–Trinajstić information content (AvgIpc) is 2.61. The molecule has 8 heteroatoms. The molecule has 0 spiro atoms. The molecule has 2 aromatic rings. The SMILES string of the molecule is N#Cc1cccc(C[C@@H](NC(=O)c2cccc([N+](=O)[O-])c2)C(N)=O)c1. The van der Waals surface area contributed by atoms with E-state index in [2.05, 4.69) is 5.32 Å². The number of primary amides is 1. The molecule has 0 aliphatic carbocycles. The zero-order valence-corrected chi connectivity index (χ0v) is 13.0. The van der Waals surface area contributed by atoms with Crippen LogP contribution in [-0.2, 0) is 11.2 Å². The number of nitrogens with two attached hydrogens (primary N) is 1. The van der Waals surface area contributed by atoms with Gasteiger partial charge in [-0.05, 0) is 23.8 Å². The summed E-state index contributed by atoms with van der Waals surface area (Å²) in [6.07, 6.45) is 0.103. The molecule has 1 atom stereocenters. The van der Waals surface area contributed by atoms with Crippen LogP contribution >= 0.6 is 0 Å². The van der Waals surface area contributed by atoms with Gasteiger partial charge in [0.2, 0.25) is 5.91 Å². The van der Waals surface area contributed by atoms with E-state index < -0.39 is 22.8 Å². The summed E-state index contributed by atoms with van der Waals surface area (Å²) in [6, 6.07) is 12.7. The second kappa shape index (κ2) is 7.70. The fourth-order valence-electron chi connectivity index (χ4n) is 2.23. The van der Waals surface area contributed by atoms with Gasteiger partial charge in [0.15, 0.2) is 0 Å². The fraction of sp³-hybridized carbons (Fsp3) is 0.118. The number of nitrogens with one attached hydrogen (secondary N) is 1. The lowest BCUT2D eigenvalue weighted by Crippen LogP contribution is -2.45. The molecule has 2 rings (SSSR count). The van der Waals surface area contributed by atoms with E-state index >= 15 is 0 Å². The van der Waals surface area contributed by atoms with Gasteiger partial charge in [0.1, 0.15) is 6.04 Å². The van der Waals surface area contributed by atoms with E-state index in [1.807, 2.05) is 6.07 Å². The lowest BCUT2D eigenvalue weighted by molar-refractivity contribution is -0.384. The Kier molecular flexibility index (Phi) is 5.43.